The number of benzene rings is 2. The molecule has 1 fully saturated rings. The largest absolute Gasteiger partial charge is 0.370 e. The standard InChI is InChI=1S/C19H18ClN3O2/c20-17-7-2-1-6-16(17)18-13-23(8-9-25-18)19(24)22-12-15-5-3-4-14(10-15)11-21/h1-7,10,18H,8-9,12-13H2,(H,22,24). The predicted molar refractivity (Wildman–Crippen MR) is 95.1 cm³/mol. The highest BCUT2D eigenvalue weighted by atomic mass is 35.5. The number of carbonyl (C=O) groups excluding carboxylic acids is 1. The third-order valence-electron chi connectivity index (χ3n) is 4.11. The average molecular weight is 356 g/mol. The number of nitrogens with one attached hydrogen (secondary N) is 1. The van der Waals surface area contributed by atoms with E-state index < -0.39 is 0 Å². The molecule has 1 aliphatic rings. The topological polar surface area (TPSA) is 65.4 Å². The van der Waals surface area contributed by atoms with E-state index in [0.717, 1.165) is 11.1 Å². The molecule has 128 valence electrons. The summed E-state index contributed by atoms with van der Waals surface area (Å²) in [6.07, 6.45) is -0.227. The molecular formula is C19H18ClN3O2. The predicted octanol–water partition coefficient (Wildman–Crippen LogP) is 3.49. The van der Waals surface area contributed by atoms with Gasteiger partial charge in [0.25, 0.3) is 0 Å². The van der Waals surface area contributed by atoms with Crippen molar-refractivity contribution in [2.45, 2.75) is 12.6 Å². The van der Waals surface area contributed by atoms with Crippen molar-refractivity contribution in [3.8, 4) is 6.07 Å². The molecule has 1 unspecified atom stereocenters. The number of hydrogen-bond acceptors (Lipinski definition) is 3. The van der Waals surface area contributed by atoms with E-state index in [1.165, 1.54) is 0 Å². The van der Waals surface area contributed by atoms with E-state index in [1.807, 2.05) is 36.4 Å². The van der Waals surface area contributed by atoms with Gasteiger partial charge in [0.1, 0.15) is 6.10 Å². The fraction of sp³-hybridized carbons (Fsp3) is 0.263. The highest BCUT2D eigenvalue weighted by molar-refractivity contribution is 6.31. The molecule has 6 heteroatoms. The van der Waals surface area contributed by atoms with Crippen molar-refractivity contribution in [1.29, 1.82) is 5.26 Å². The van der Waals surface area contributed by atoms with Crippen LogP contribution in [0.15, 0.2) is 48.5 Å². The number of nitrogens with zero attached hydrogens (tertiary/aromatic N) is 2. The smallest absolute Gasteiger partial charge is 0.317 e. The Morgan fingerprint density at radius 3 is 2.96 bits per heavy atom. The zero-order chi connectivity index (χ0) is 17.6. The van der Waals surface area contributed by atoms with Crippen LogP contribution in [0.2, 0.25) is 5.02 Å². The van der Waals surface area contributed by atoms with Crippen LogP contribution in [0.5, 0.6) is 0 Å². The molecule has 25 heavy (non-hydrogen) atoms. The Balaban J connectivity index is 1.60. The molecule has 0 spiro atoms. The number of ether oxygens (including phenoxy) is 1. The van der Waals surface area contributed by atoms with E-state index in [2.05, 4.69) is 11.4 Å². The maximum atomic E-state index is 12.4. The van der Waals surface area contributed by atoms with Gasteiger partial charge < -0.3 is 15.0 Å². The third-order valence-corrected chi connectivity index (χ3v) is 4.45. The summed E-state index contributed by atoms with van der Waals surface area (Å²) in [6, 6.07) is 16.7. The van der Waals surface area contributed by atoms with E-state index in [9.17, 15) is 4.79 Å². The molecular weight excluding hydrogens is 338 g/mol. The van der Waals surface area contributed by atoms with Gasteiger partial charge in [0.2, 0.25) is 0 Å². The van der Waals surface area contributed by atoms with Crippen LogP contribution in [0.25, 0.3) is 0 Å². The molecule has 0 saturated carbocycles. The van der Waals surface area contributed by atoms with Crippen LogP contribution in [0.4, 0.5) is 4.79 Å². The maximum absolute atomic E-state index is 12.4. The highest BCUT2D eigenvalue weighted by Crippen LogP contribution is 2.28. The number of rotatable bonds is 3. The van der Waals surface area contributed by atoms with E-state index in [4.69, 9.17) is 21.6 Å². The molecule has 2 aromatic rings. The molecule has 2 amide bonds. The number of nitriles is 1. The number of morpholine rings is 1. The molecule has 3 rings (SSSR count). The molecule has 0 aromatic heterocycles. The lowest BCUT2D eigenvalue weighted by molar-refractivity contribution is -0.0154. The lowest BCUT2D eigenvalue weighted by Crippen LogP contribution is -2.47. The minimum atomic E-state index is -0.227. The number of carbonyl (C=O) groups is 1. The van der Waals surface area contributed by atoms with E-state index in [0.29, 0.717) is 36.8 Å². The molecule has 1 N–H and O–H groups in total. The second-order valence-corrected chi connectivity index (χ2v) is 6.21. The first-order valence-electron chi connectivity index (χ1n) is 8.05. The van der Waals surface area contributed by atoms with Crippen LogP contribution in [0.3, 0.4) is 0 Å². The van der Waals surface area contributed by atoms with Gasteiger partial charge >= 0.3 is 6.03 Å². The van der Waals surface area contributed by atoms with Crippen LogP contribution in [0, 0.1) is 11.3 Å². The van der Waals surface area contributed by atoms with Gasteiger partial charge in [0, 0.05) is 23.7 Å². The van der Waals surface area contributed by atoms with Gasteiger partial charge in [-0.2, -0.15) is 5.26 Å². The Bertz CT molecular complexity index is 803. The fourth-order valence-corrected chi connectivity index (χ4v) is 3.06. The van der Waals surface area contributed by atoms with Crippen molar-refractivity contribution in [3.63, 3.8) is 0 Å². The number of urea groups is 1. The van der Waals surface area contributed by atoms with Gasteiger partial charge in [-0.05, 0) is 23.8 Å². The number of halogens is 1. The first-order chi connectivity index (χ1) is 12.2. The van der Waals surface area contributed by atoms with Crippen molar-refractivity contribution in [2.75, 3.05) is 19.7 Å². The van der Waals surface area contributed by atoms with Gasteiger partial charge in [-0.1, -0.05) is 41.9 Å². The first-order valence-corrected chi connectivity index (χ1v) is 8.43. The lowest BCUT2D eigenvalue weighted by Gasteiger charge is -2.33. The van der Waals surface area contributed by atoms with E-state index >= 15 is 0 Å². The van der Waals surface area contributed by atoms with Crippen molar-refractivity contribution >= 4 is 17.6 Å². The molecule has 1 heterocycles. The van der Waals surface area contributed by atoms with Gasteiger partial charge in [-0.15, -0.1) is 0 Å². The average Bonchev–Trinajstić information content (AvgIpc) is 2.66. The normalized spacial score (nSPS) is 17.0. The third kappa shape index (κ3) is 4.30. The van der Waals surface area contributed by atoms with Crippen molar-refractivity contribution in [1.82, 2.24) is 10.2 Å². The van der Waals surface area contributed by atoms with Crippen LogP contribution in [0.1, 0.15) is 22.8 Å². The summed E-state index contributed by atoms with van der Waals surface area (Å²) in [5, 5.41) is 12.5. The minimum absolute atomic E-state index is 0.150. The quantitative estimate of drug-likeness (QED) is 0.916. The molecule has 5 nitrogen and oxygen atoms in total. The molecule has 0 aliphatic carbocycles. The molecule has 1 saturated heterocycles. The molecule has 1 atom stereocenters. The van der Waals surface area contributed by atoms with E-state index in [1.54, 1.807) is 17.0 Å². The van der Waals surface area contributed by atoms with Gasteiger partial charge in [0.15, 0.2) is 0 Å². The molecule has 1 aliphatic heterocycles. The zero-order valence-electron chi connectivity index (χ0n) is 13.6. The fourth-order valence-electron chi connectivity index (χ4n) is 2.80. The van der Waals surface area contributed by atoms with E-state index in [-0.39, 0.29) is 12.1 Å². The number of hydrogen-bond donors (Lipinski definition) is 1. The molecule has 0 radical (unpaired) electrons. The Hall–Kier alpha value is -2.55. The molecule has 0 bridgehead atoms. The van der Waals surface area contributed by atoms with Crippen LogP contribution in [-0.2, 0) is 11.3 Å². The Morgan fingerprint density at radius 2 is 2.16 bits per heavy atom. The minimum Gasteiger partial charge on any atom is -0.370 e. The maximum Gasteiger partial charge on any atom is 0.317 e. The van der Waals surface area contributed by atoms with Crippen LogP contribution in [-0.4, -0.2) is 30.6 Å². The number of amides is 2. The summed E-state index contributed by atoms with van der Waals surface area (Å²) in [7, 11) is 0. The van der Waals surface area contributed by atoms with Gasteiger partial charge in [-0.3, -0.25) is 0 Å². The zero-order valence-corrected chi connectivity index (χ0v) is 14.4. The second kappa shape index (κ2) is 8.02. The van der Waals surface area contributed by atoms with Crippen molar-refractivity contribution in [2.24, 2.45) is 0 Å². The van der Waals surface area contributed by atoms with Crippen molar-refractivity contribution < 1.29 is 9.53 Å². The Labute approximate surface area is 151 Å². The monoisotopic (exact) mass is 355 g/mol. The summed E-state index contributed by atoms with van der Waals surface area (Å²) in [4.78, 5) is 14.2. The summed E-state index contributed by atoms with van der Waals surface area (Å²) in [5.74, 6) is 0. The summed E-state index contributed by atoms with van der Waals surface area (Å²) >= 11 is 6.23. The van der Waals surface area contributed by atoms with Crippen molar-refractivity contribution in [3.05, 3.63) is 70.2 Å². The van der Waals surface area contributed by atoms with Crippen LogP contribution < -0.4 is 5.32 Å². The highest BCUT2D eigenvalue weighted by Gasteiger charge is 2.26. The Morgan fingerprint density at radius 1 is 1.32 bits per heavy atom. The summed E-state index contributed by atoms with van der Waals surface area (Å²) in [5.41, 5.74) is 2.36. The SMILES string of the molecule is N#Cc1cccc(CNC(=O)N2CCOC(c3ccccc3Cl)C2)c1. The summed E-state index contributed by atoms with van der Waals surface area (Å²) in [6.45, 7) is 1.83. The molecule has 2 aromatic carbocycles. The Kier molecular flexibility index (Phi) is 5.54. The van der Waals surface area contributed by atoms with Crippen LogP contribution >= 0.6 is 11.6 Å². The lowest BCUT2D eigenvalue weighted by atomic mass is 10.1. The van der Waals surface area contributed by atoms with Gasteiger partial charge in [-0.25, -0.2) is 4.79 Å². The van der Waals surface area contributed by atoms with Gasteiger partial charge in [0.05, 0.1) is 24.8 Å². The first kappa shape index (κ1) is 17.3. The second-order valence-electron chi connectivity index (χ2n) is 5.80. The summed E-state index contributed by atoms with van der Waals surface area (Å²) < 4.78 is 5.78.